The molecule has 0 aliphatic carbocycles. The number of nitrogens with one attached hydrogen (secondary N) is 2. The van der Waals surface area contributed by atoms with E-state index in [9.17, 15) is 4.79 Å². The Balaban J connectivity index is 2.40. The van der Waals surface area contributed by atoms with E-state index >= 15 is 0 Å². The molecule has 100 valence electrons. The number of amides is 1. The molecule has 1 amide bonds. The van der Waals surface area contributed by atoms with Gasteiger partial charge in [-0.25, -0.2) is 0 Å². The first kappa shape index (κ1) is 14.5. The van der Waals surface area contributed by atoms with Crippen molar-refractivity contribution in [3.05, 3.63) is 0 Å². The third kappa shape index (κ3) is 5.04. The quantitative estimate of drug-likeness (QED) is 0.675. The fraction of sp³-hybridized carbons (Fsp3) is 0.923. The van der Waals surface area contributed by atoms with Gasteiger partial charge in [-0.15, -0.1) is 0 Å². The van der Waals surface area contributed by atoms with Crippen LogP contribution in [0.3, 0.4) is 0 Å². The first-order valence-electron chi connectivity index (χ1n) is 6.57. The number of carbonyl (C=O) groups excluding carboxylic acids is 1. The third-order valence-corrected chi connectivity index (χ3v) is 3.39. The number of rotatable bonds is 5. The van der Waals surface area contributed by atoms with Gasteiger partial charge in [0, 0.05) is 25.1 Å². The molecule has 0 spiro atoms. The van der Waals surface area contributed by atoms with Crippen molar-refractivity contribution in [2.24, 2.45) is 5.41 Å². The minimum Gasteiger partial charge on any atom is -0.396 e. The Morgan fingerprint density at radius 2 is 2.24 bits per heavy atom. The van der Waals surface area contributed by atoms with Crippen LogP contribution in [0.1, 0.15) is 46.5 Å². The largest absolute Gasteiger partial charge is 0.396 e. The average Bonchev–Trinajstić information content (AvgIpc) is 2.68. The Kier molecular flexibility index (Phi) is 5.40. The van der Waals surface area contributed by atoms with Crippen LogP contribution in [0.2, 0.25) is 0 Å². The summed E-state index contributed by atoms with van der Waals surface area (Å²) < 4.78 is 0. The van der Waals surface area contributed by atoms with Crippen molar-refractivity contribution in [3.8, 4) is 0 Å². The molecule has 2 unspecified atom stereocenters. The van der Waals surface area contributed by atoms with Crippen molar-refractivity contribution in [1.29, 1.82) is 0 Å². The number of hydrogen-bond donors (Lipinski definition) is 3. The number of carbonyl (C=O) groups is 1. The summed E-state index contributed by atoms with van der Waals surface area (Å²) in [4.78, 5) is 11.9. The first-order chi connectivity index (χ1) is 7.93. The van der Waals surface area contributed by atoms with E-state index in [1.165, 1.54) is 0 Å². The maximum atomic E-state index is 11.9. The fourth-order valence-corrected chi connectivity index (χ4v) is 2.26. The smallest absolute Gasteiger partial charge is 0.221 e. The zero-order valence-electron chi connectivity index (χ0n) is 11.3. The van der Waals surface area contributed by atoms with Gasteiger partial charge < -0.3 is 15.7 Å². The van der Waals surface area contributed by atoms with Crippen LogP contribution in [0.5, 0.6) is 0 Å². The molecule has 17 heavy (non-hydrogen) atoms. The first-order valence-corrected chi connectivity index (χ1v) is 6.57. The van der Waals surface area contributed by atoms with E-state index in [0.29, 0.717) is 18.9 Å². The van der Waals surface area contributed by atoms with Gasteiger partial charge in [0.2, 0.25) is 5.91 Å². The van der Waals surface area contributed by atoms with E-state index in [1.807, 2.05) is 0 Å². The second-order valence-corrected chi connectivity index (χ2v) is 6.00. The third-order valence-electron chi connectivity index (χ3n) is 3.39. The van der Waals surface area contributed by atoms with Crippen LogP contribution >= 0.6 is 0 Å². The van der Waals surface area contributed by atoms with Crippen LogP contribution in [0.4, 0.5) is 0 Å². The Hall–Kier alpha value is -0.610. The maximum absolute atomic E-state index is 11.9. The predicted molar refractivity (Wildman–Crippen MR) is 68.7 cm³/mol. The van der Waals surface area contributed by atoms with E-state index in [0.717, 1.165) is 19.4 Å². The van der Waals surface area contributed by atoms with E-state index in [1.54, 1.807) is 0 Å². The Bertz CT molecular complexity index is 242. The van der Waals surface area contributed by atoms with Gasteiger partial charge in [-0.1, -0.05) is 20.8 Å². The van der Waals surface area contributed by atoms with Crippen LogP contribution in [0, 0.1) is 5.41 Å². The van der Waals surface area contributed by atoms with Gasteiger partial charge in [0.05, 0.1) is 0 Å². The molecule has 2 atom stereocenters. The van der Waals surface area contributed by atoms with Gasteiger partial charge in [0.1, 0.15) is 0 Å². The zero-order valence-corrected chi connectivity index (χ0v) is 11.3. The molecular weight excluding hydrogens is 216 g/mol. The molecule has 4 heteroatoms. The van der Waals surface area contributed by atoms with Gasteiger partial charge in [-0.3, -0.25) is 4.79 Å². The average molecular weight is 242 g/mol. The molecule has 4 nitrogen and oxygen atoms in total. The molecule has 1 aliphatic rings. The molecule has 0 bridgehead atoms. The molecule has 1 saturated heterocycles. The predicted octanol–water partition coefficient (Wildman–Crippen LogP) is 1.04. The van der Waals surface area contributed by atoms with Crippen molar-refractivity contribution >= 4 is 5.91 Å². The molecule has 1 fully saturated rings. The van der Waals surface area contributed by atoms with Gasteiger partial charge in [-0.05, 0) is 31.2 Å². The lowest BCUT2D eigenvalue weighted by atomic mass is 9.85. The molecule has 3 N–H and O–H groups in total. The van der Waals surface area contributed by atoms with Crippen molar-refractivity contribution in [2.75, 3.05) is 13.2 Å². The Morgan fingerprint density at radius 1 is 1.53 bits per heavy atom. The molecule has 0 aromatic rings. The molecule has 0 aromatic carbocycles. The lowest BCUT2D eigenvalue weighted by Gasteiger charge is -2.31. The van der Waals surface area contributed by atoms with Gasteiger partial charge >= 0.3 is 0 Å². The lowest BCUT2D eigenvalue weighted by Crippen LogP contribution is -2.45. The fourth-order valence-electron chi connectivity index (χ4n) is 2.26. The van der Waals surface area contributed by atoms with Crippen LogP contribution in [-0.2, 0) is 4.79 Å². The van der Waals surface area contributed by atoms with Crippen LogP contribution in [0.15, 0.2) is 0 Å². The lowest BCUT2D eigenvalue weighted by molar-refractivity contribution is -0.123. The van der Waals surface area contributed by atoms with E-state index < -0.39 is 0 Å². The minimum atomic E-state index is -0.0124. The SMILES string of the molecule is CC(C)(C)C(CCO)NC(=O)CC1CCCN1. The molecule has 0 radical (unpaired) electrons. The standard InChI is InChI=1S/C13H26N2O2/c1-13(2,3)11(6-8-16)15-12(17)9-10-5-4-7-14-10/h10-11,14,16H,4-9H2,1-3H3,(H,15,17). The van der Waals surface area contributed by atoms with E-state index in [2.05, 4.69) is 31.4 Å². The second kappa shape index (κ2) is 6.36. The molecule has 0 saturated carbocycles. The summed E-state index contributed by atoms with van der Waals surface area (Å²) in [5.74, 6) is 0.0952. The highest BCUT2D eigenvalue weighted by Gasteiger charge is 2.27. The highest BCUT2D eigenvalue weighted by atomic mass is 16.3. The van der Waals surface area contributed by atoms with Crippen molar-refractivity contribution in [3.63, 3.8) is 0 Å². The molecule has 1 aliphatic heterocycles. The van der Waals surface area contributed by atoms with Gasteiger partial charge in [-0.2, -0.15) is 0 Å². The highest BCUT2D eigenvalue weighted by molar-refractivity contribution is 5.77. The van der Waals surface area contributed by atoms with Crippen molar-refractivity contribution < 1.29 is 9.90 Å². The van der Waals surface area contributed by atoms with E-state index in [4.69, 9.17) is 5.11 Å². The summed E-state index contributed by atoms with van der Waals surface area (Å²) in [7, 11) is 0. The van der Waals surface area contributed by atoms with Crippen LogP contribution < -0.4 is 10.6 Å². The summed E-state index contributed by atoms with van der Waals surface area (Å²) in [6, 6.07) is 0.381. The van der Waals surface area contributed by atoms with E-state index in [-0.39, 0.29) is 24.0 Å². The second-order valence-electron chi connectivity index (χ2n) is 6.00. The van der Waals surface area contributed by atoms with Crippen LogP contribution in [-0.4, -0.2) is 36.2 Å². The zero-order chi connectivity index (χ0) is 12.9. The molecule has 0 aromatic heterocycles. The number of aliphatic hydroxyl groups is 1. The summed E-state index contributed by atoms with van der Waals surface area (Å²) >= 11 is 0. The summed E-state index contributed by atoms with van der Waals surface area (Å²) in [5.41, 5.74) is -0.0124. The number of hydrogen-bond acceptors (Lipinski definition) is 3. The topological polar surface area (TPSA) is 61.4 Å². The summed E-state index contributed by atoms with van der Waals surface area (Å²) in [6.07, 6.45) is 3.43. The van der Waals surface area contributed by atoms with Crippen molar-refractivity contribution in [1.82, 2.24) is 10.6 Å². The molecular formula is C13H26N2O2. The van der Waals surface area contributed by atoms with Crippen LogP contribution in [0.25, 0.3) is 0 Å². The number of aliphatic hydroxyl groups excluding tert-OH is 1. The van der Waals surface area contributed by atoms with Gasteiger partial charge in [0.15, 0.2) is 0 Å². The Morgan fingerprint density at radius 3 is 2.71 bits per heavy atom. The minimum absolute atomic E-state index is 0.0124. The molecule has 1 rings (SSSR count). The van der Waals surface area contributed by atoms with Gasteiger partial charge in [0.25, 0.3) is 0 Å². The maximum Gasteiger partial charge on any atom is 0.221 e. The van der Waals surface area contributed by atoms with Crippen molar-refractivity contribution in [2.45, 2.75) is 58.5 Å². The molecule has 1 heterocycles. The Labute approximate surface area is 104 Å². The summed E-state index contributed by atoms with van der Waals surface area (Å²) in [5, 5.41) is 15.4. The normalized spacial score (nSPS) is 22.5. The summed E-state index contributed by atoms with van der Waals surface area (Å²) in [6.45, 7) is 7.39. The highest BCUT2D eigenvalue weighted by Crippen LogP contribution is 2.22. The monoisotopic (exact) mass is 242 g/mol.